The Hall–Kier alpha value is -2.60. The molecule has 0 bridgehead atoms. The average molecular weight is 597 g/mol. The minimum atomic E-state index is -2.86. The topological polar surface area (TPSA) is 91.0 Å². The van der Waals surface area contributed by atoms with Gasteiger partial charge in [0, 0.05) is 37.4 Å². The number of carbonyl (C=O) groups is 3. The summed E-state index contributed by atoms with van der Waals surface area (Å²) >= 11 is 7.13. The number of alkyl halides is 2. The van der Waals surface area contributed by atoms with Gasteiger partial charge in [-0.15, -0.1) is 11.3 Å². The lowest BCUT2D eigenvalue weighted by atomic mass is 9.94. The zero-order chi connectivity index (χ0) is 29.0. The standard InChI is InChI=1S/C28H35ClF2N4O4S/c1-28(2,3)16-34(14-17-4-5-17)21(13-32-27(38)22-8-9-23(29)40-22)26(37)33-18-6-7-20(19(12-18)25(30)31)35-10-11-39-15-24(35)36/h6-9,12,17,21,25H,4-5,10-11,13-16H2,1-3H3,(H,32,38)(H,33,37)/t21-/m0/s1. The van der Waals surface area contributed by atoms with Crippen LogP contribution in [0.1, 0.15) is 55.3 Å². The van der Waals surface area contributed by atoms with Crippen molar-refractivity contribution in [2.24, 2.45) is 11.3 Å². The summed E-state index contributed by atoms with van der Waals surface area (Å²) < 4.78 is 33.8. The molecule has 40 heavy (non-hydrogen) atoms. The zero-order valence-electron chi connectivity index (χ0n) is 22.8. The van der Waals surface area contributed by atoms with Crippen LogP contribution in [0.2, 0.25) is 4.34 Å². The van der Waals surface area contributed by atoms with E-state index in [1.807, 2.05) is 0 Å². The number of amides is 3. The Morgan fingerprint density at radius 3 is 2.58 bits per heavy atom. The average Bonchev–Trinajstić information content (AvgIpc) is 3.59. The van der Waals surface area contributed by atoms with Gasteiger partial charge in [0.05, 0.1) is 21.5 Å². The third kappa shape index (κ3) is 8.22. The molecule has 4 rings (SSSR count). The van der Waals surface area contributed by atoms with Gasteiger partial charge in [0.15, 0.2) is 0 Å². The Labute approximate surface area is 242 Å². The van der Waals surface area contributed by atoms with E-state index in [2.05, 4.69) is 36.3 Å². The van der Waals surface area contributed by atoms with Gasteiger partial charge in [0.1, 0.15) is 12.6 Å². The van der Waals surface area contributed by atoms with Gasteiger partial charge in [-0.2, -0.15) is 0 Å². The van der Waals surface area contributed by atoms with Crippen molar-refractivity contribution in [3.8, 4) is 0 Å². The lowest BCUT2D eigenvalue weighted by Crippen LogP contribution is -2.53. The van der Waals surface area contributed by atoms with Crippen molar-refractivity contribution in [3.05, 3.63) is 45.1 Å². The molecule has 1 aromatic carbocycles. The molecule has 2 N–H and O–H groups in total. The Kier molecular flexibility index (Phi) is 9.81. The van der Waals surface area contributed by atoms with Crippen molar-refractivity contribution >= 4 is 52.0 Å². The van der Waals surface area contributed by atoms with Crippen LogP contribution in [0.15, 0.2) is 30.3 Å². The molecule has 0 unspecified atom stereocenters. The number of hydrogen-bond acceptors (Lipinski definition) is 6. The van der Waals surface area contributed by atoms with E-state index in [-0.39, 0.29) is 54.6 Å². The van der Waals surface area contributed by atoms with E-state index < -0.39 is 24.3 Å². The highest BCUT2D eigenvalue weighted by molar-refractivity contribution is 7.18. The highest BCUT2D eigenvalue weighted by atomic mass is 35.5. The van der Waals surface area contributed by atoms with E-state index in [9.17, 15) is 23.2 Å². The first-order valence-corrected chi connectivity index (χ1v) is 14.5. The molecule has 3 amide bonds. The van der Waals surface area contributed by atoms with Crippen LogP contribution in [0, 0.1) is 11.3 Å². The van der Waals surface area contributed by atoms with Crippen LogP contribution in [-0.2, 0) is 14.3 Å². The summed E-state index contributed by atoms with van der Waals surface area (Å²) in [4.78, 5) is 42.6. The molecule has 1 saturated heterocycles. The summed E-state index contributed by atoms with van der Waals surface area (Å²) in [7, 11) is 0. The van der Waals surface area contributed by atoms with E-state index in [4.69, 9.17) is 16.3 Å². The van der Waals surface area contributed by atoms with Gasteiger partial charge in [-0.05, 0) is 54.5 Å². The number of carbonyl (C=O) groups excluding carboxylic acids is 3. The minimum Gasteiger partial charge on any atom is -0.370 e. The van der Waals surface area contributed by atoms with E-state index >= 15 is 0 Å². The second-order valence-corrected chi connectivity index (χ2v) is 13.1. The van der Waals surface area contributed by atoms with Crippen LogP contribution >= 0.6 is 22.9 Å². The van der Waals surface area contributed by atoms with E-state index in [0.29, 0.717) is 28.2 Å². The third-order valence-corrected chi connectivity index (χ3v) is 7.90. The van der Waals surface area contributed by atoms with E-state index in [1.165, 1.54) is 23.1 Å². The van der Waals surface area contributed by atoms with Crippen LogP contribution in [0.4, 0.5) is 20.2 Å². The lowest BCUT2D eigenvalue weighted by molar-refractivity contribution is -0.125. The van der Waals surface area contributed by atoms with Gasteiger partial charge in [-0.25, -0.2) is 8.78 Å². The summed E-state index contributed by atoms with van der Waals surface area (Å²) in [6.45, 7) is 7.81. The summed E-state index contributed by atoms with van der Waals surface area (Å²) in [6, 6.07) is 6.67. The quantitative estimate of drug-likeness (QED) is 0.372. The number of nitrogens with one attached hydrogen (secondary N) is 2. The molecule has 0 spiro atoms. The second-order valence-electron chi connectivity index (χ2n) is 11.4. The molecule has 2 fully saturated rings. The molecule has 1 saturated carbocycles. The number of morpholine rings is 1. The molecule has 1 aliphatic heterocycles. The van der Waals surface area contributed by atoms with E-state index in [1.54, 1.807) is 12.1 Å². The molecule has 1 atom stereocenters. The lowest BCUT2D eigenvalue weighted by Gasteiger charge is -2.36. The van der Waals surface area contributed by atoms with Crippen molar-refractivity contribution in [2.45, 2.75) is 46.1 Å². The number of ether oxygens (including phenoxy) is 1. The number of benzene rings is 1. The van der Waals surface area contributed by atoms with Crippen molar-refractivity contribution in [2.75, 3.05) is 49.6 Å². The fourth-order valence-electron chi connectivity index (χ4n) is 4.69. The Balaban J connectivity index is 1.57. The van der Waals surface area contributed by atoms with Crippen molar-refractivity contribution < 1.29 is 27.9 Å². The van der Waals surface area contributed by atoms with Crippen molar-refractivity contribution in [3.63, 3.8) is 0 Å². The molecule has 218 valence electrons. The second kappa shape index (κ2) is 12.9. The molecule has 0 radical (unpaired) electrons. The molecule has 1 aromatic heterocycles. The monoisotopic (exact) mass is 596 g/mol. The first kappa shape index (κ1) is 30.4. The number of halogens is 3. The van der Waals surface area contributed by atoms with E-state index in [0.717, 1.165) is 24.2 Å². The first-order valence-electron chi connectivity index (χ1n) is 13.3. The molecule has 1 aliphatic carbocycles. The molecular weight excluding hydrogens is 562 g/mol. The van der Waals surface area contributed by atoms with Crippen LogP contribution in [0.5, 0.6) is 0 Å². The number of anilines is 2. The maximum absolute atomic E-state index is 14.1. The fourth-order valence-corrected chi connectivity index (χ4v) is 5.65. The molecule has 12 heteroatoms. The maximum atomic E-state index is 14.1. The fraction of sp³-hybridized carbons (Fsp3) is 0.536. The Morgan fingerprint density at radius 1 is 1.23 bits per heavy atom. The molecule has 2 aliphatic rings. The van der Waals surface area contributed by atoms with Gasteiger partial charge >= 0.3 is 0 Å². The predicted molar refractivity (Wildman–Crippen MR) is 152 cm³/mol. The molecule has 2 heterocycles. The number of rotatable bonds is 11. The third-order valence-electron chi connectivity index (χ3n) is 6.67. The SMILES string of the molecule is CC(C)(C)CN(CC1CC1)[C@@H](CNC(=O)c1ccc(Cl)s1)C(=O)Nc1ccc(N2CCOCC2=O)c(C(F)F)c1. The molecular formula is C28H35ClF2N4O4S. The largest absolute Gasteiger partial charge is 0.370 e. The minimum absolute atomic E-state index is 0.0328. The highest BCUT2D eigenvalue weighted by Crippen LogP contribution is 2.34. The molecule has 2 aromatic rings. The Morgan fingerprint density at radius 2 is 1.98 bits per heavy atom. The number of nitrogens with zero attached hydrogens (tertiary/aromatic N) is 2. The molecule has 8 nitrogen and oxygen atoms in total. The number of thiophene rings is 1. The predicted octanol–water partition coefficient (Wildman–Crippen LogP) is 5.20. The summed E-state index contributed by atoms with van der Waals surface area (Å²) in [5.74, 6) is -0.674. The van der Waals surface area contributed by atoms with Gasteiger partial charge in [0.25, 0.3) is 18.2 Å². The highest BCUT2D eigenvalue weighted by Gasteiger charge is 2.35. The summed E-state index contributed by atoms with van der Waals surface area (Å²) in [5.41, 5.74) is -0.193. The van der Waals surface area contributed by atoms with Gasteiger partial charge in [-0.1, -0.05) is 32.4 Å². The Bertz CT molecular complexity index is 1230. The van der Waals surface area contributed by atoms with Gasteiger partial charge < -0.3 is 20.3 Å². The van der Waals surface area contributed by atoms with Gasteiger partial charge in [-0.3, -0.25) is 19.3 Å². The van der Waals surface area contributed by atoms with Crippen molar-refractivity contribution in [1.82, 2.24) is 10.2 Å². The normalized spacial score (nSPS) is 16.9. The summed E-state index contributed by atoms with van der Waals surface area (Å²) in [5, 5.41) is 5.65. The smallest absolute Gasteiger partial charge is 0.265 e. The summed E-state index contributed by atoms with van der Waals surface area (Å²) in [6.07, 6.45) is -0.703. The van der Waals surface area contributed by atoms with Gasteiger partial charge in [0.2, 0.25) is 5.91 Å². The van der Waals surface area contributed by atoms with Crippen LogP contribution in [0.3, 0.4) is 0 Å². The van der Waals surface area contributed by atoms with Crippen LogP contribution in [-0.4, -0.2) is 68.1 Å². The maximum Gasteiger partial charge on any atom is 0.265 e. The first-order chi connectivity index (χ1) is 18.9. The number of hydrogen-bond donors (Lipinski definition) is 2. The van der Waals surface area contributed by atoms with Crippen LogP contribution < -0.4 is 15.5 Å². The van der Waals surface area contributed by atoms with Crippen LogP contribution in [0.25, 0.3) is 0 Å². The zero-order valence-corrected chi connectivity index (χ0v) is 24.4. The van der Waals surface area contributed by atoms with Crippen molar-refractivity contribution in [1.29, 1.82) is 0 Å².